The van der Waals surface area contributed by atoms with Gasteiger partial charge in [-0.25, -0.2) is 10.3 Å². The fourth-order valence-corrected chi connectivity index (χ4v) is 1.06. The van der Waals surface area contributed by atoms with Crippen molar-refractivity contribution in [1.82, 2.24) is 5.48 Å². The zero-order valence-electron chi connectivity index (χ0n) is 7.65. The largest absolute Gasteiger partial charge is 0.507 e. The Hall–Kier alpha value is -1.59. The molecule has 5 heteroatoms. The molecule has 0 heterocycles. The lowest BCUT2D eigenvalue weighted by atomic mass is 10.1. The number of phenols is 1. The third-order valence-corrected chi connectivity index (χ3v) is 1.75. The smallest absolute Gasteiger partial charge is 0.341 e. The summed E-state index contributed by atoms with van der Waals surface area (Å²) >= 11 is 0. The molecule has 0 spiro atoms. The molecule has 0 atom stereocenters. The first-order valence-electron chi connectivity index (χ1n) is 3.96. The lowest BCUT2D eigenvalue weighted by molar-refractivity contribution is 0.0597. The van der Waals surface area contributed by atoms with Gasteiger partial charge in [-0.3, -0.25) is 0 Å². The van der Waals surface area contributed by atoms with Crippen molar-refractivity contribution in [3.8, 4) is 5.75 Å². The van der Waals surface area contributed by atoms with E-state index in [1.807, 2.05) is 5.48 Å². The van der Waals surface area contributed by atoms with Crippen LogP contribution in [0.3, 0.4) is 0 Å². The molecule has 1 rings (SSSR count). The lowest BCUT2D eigenvalue weighted by Gasteiger charge is -2.05. The fourth-order valence-electron chi connectivity index (χ4n) is 1.06. The predicted molar refractivity (Wildman–Crippen MR) is 48.1 cm³/mol. The van der Waals surface area contributed by atoms with E-state index in [1.54, 1.807) is 6.07 Å². The maximum Gasteiger partial charge on any atom is 0.341 e. The highest BCUT2D eigenvalue weighted by atomic mass is 16.5. The molecule has 1 aromatic rings. The van der Waals surface area contributed by atoms with Crippen molar-refractivity contribution in [3.63, 3.8) is 0 Å². The first-order chi connectivity index (χ1) is 6.69. The maximum atomic E-state index is 11.1. The van der Waals surface area contributed by atoms with Gasteiger partial charge in [-0.2, -0.15) is 0 Å². The van der Waals surface area contributed by atoms with Crippen molar-refractivity contribution in [3.05, 3.63) is 29.3 Å². The van der Waals surface area contributed by atoms with Gasteiger partial charge in [0.1, 0.15) is 11.3 Å². The predicted octanol–water partition coefficient (Wildman–Crippen LogP) is 0.658. The van der Waals surface area contributed by atoms with Crippen molar-refractivity contribution < 1.29 is 19.8 Å². The highest BCUT2D eigenvalue weighted by molar-refractivity contribution is 5.92. The van der Waals surface area contributed by atoms with Gasteiger partial charge in [-0.1, -0.05) is 6.07 Å². The standard InChI is InChI=1S/C9H11NO4/c1-14-9(12)7-4-6(5-10-13)2-3-8(7)11/h2-4,10-11,13H,5H2,1H3. The molecular formula is C9H11NO4. The van der Waals surface area contributed by atoms with Crippen LogP contribution in [-0.4, -0.2) is 23.4 Å². The molecule has 0 amide bonds. The number of nitrogens with one attached hydrogen (secondary N) is 1. The van der Waals surface area contributed by atoms with Crippen LogP contribution in [0, 0.1) is 0 Å². The summed E-state index contributed by atoms with van der Waals surface area (Å²) in [6.45, 7) is 0.199. The van der Waals surface area contributed by atoms with Gasteiger partial charge in [-0.15, -0.1) is 0 Å². The van der Waals surface area contributed by atoms with Crippen LogP contribution in [0.2, 0.25) is 0 Å². The Labute approximate surface area is 80.9 Å². The molecule has 0 aliphatic carbocycles. The lowest BCUT2D eigenvalue weighted by Crippen LogP contribution is -2.08. The number of phenolic OH excluding ortho intramolecular Hbond substituents is 1. The zero-order chi connectivity index (χ0) is 10.6. The van der Waals surface area contributed by atoms with Gasteiger partial charge in [0.25, 0.3) is 0 Å². The van der Waals surface area contributed by atoms with E-state index in [-0.39, 0.29) is 17.9 Å². The van der Waals surface area contributed by atoms with Crippen molar-refractivity contribution in [2.75, 3.05) is 7.11 Å². The molecule has 0 aromatic heterocycles. The summed E-state index contributed by atoms with van der Waals surface area (Å²) in [7, 11) is 1.23. The minimum atomic E-state index is -0.609. The third-order valence-electron chi connectivity index (χ3n) is 1.75. The Morgan fingerprint density at radius 2 is 2.29 bits per heavy atom. The second-order valence-corrected chi connectivity index (χ2v) is 2.68. The first-order valence-corrected chi connectivity index (χ1v) is 3.96. The molecule has 0 saturated heterocycles. The average Bonchev–Trinajstić information content (AvgIpc) is 2.20. The van der Waals surface area contributed by atoms with Gasteiger partial charge < -0.3 is 15.1 Å². The molecule has 14 heavy (non-hydrogen) atoms. The molecule has 0 unspecified atom stereocenters. The average molecular weight is 197 g/mol. The van der Waals surface area contributed by atoms with E-state index in [4.69, 9.17) is 5.21 Å². The minimum Gasteiger partial charge on any atom is -0.507 e. The number of carbonyl (C=O) groups excluding carboxylic acids is 1. The van der Waals surface area contributed by atoms with Crippen LogP contribution in [0.5, 0.6) is 5.75 Å². The van der Waals surface area contributed by atoms with Crippen LogP contribution in [0.1, 0.15) is 15.9 Å². The van der Waals surface area contributed by atoms with E-state index in [0.717, 1.165) is 0 Å². The summed E-state index contributed by atoms with van der Waals surface area (Å²) in [6.07, 6.45) is 0. The second kappa shape index (κ2) is 4.59. The zero-order valence-corrected chi connectivity index (χ0v) is 7.65. The van der Waals surface area contributed by atoms with Crippen molar-refractivity contribution >= 4 is 5.97 Å². The summed E-state index contributed by atoms with van der Waals surface area (Å²) in [6, 6.07) is 4.41. The number of methoxy groups -OCH3 is 1. The Bertz CT molecular complexity index is 338. The quantitative estimate of drug-likeness (QED) is 0.490. The number of rotatable bonds is 3. The van der Waals surface area contributed by atoms with Gasteiger partial charge in [0.15, 0.2) is 0 Å². The van der Waals surface area contributed by atoms with Crippen molar-refractivity contribution in [1.29, 1.82) is 0 Å². The van der Waals surface area contributed by atoms with E-state index in [0.29, 0.717) is 5.56 Å². The van der Waals surface area contributed by atoms with Crippen molar-refractivity contribution in [2.45, 2.75) is 6.54 Å². The first kappa shape index (κ1) is 10.5. The molecule has 0 aliphatic heterocycles. The maximum absolute atomic E-state index is 11.1. The van der Waals surface area contributed by atoms with Crippen LogP contribution in [0.15, 0.2) is 18.2 Å². The van der Waals surface area contributed by atoms with E-state index in [1.165, 1.54) is 19.2 Å². The van der Waals surface area contributed by atoms with Crippen LogP contribution >= 0.6 is 0 Å². The molecular weight excluding hydrogens is 186 g/mol. The molecule has 0 aliphatic rings. The molecule has 0 saturated carbocycles. The number of aromatic hydroxyl groups is 1. The molecule has 3 N–H and O–H groups in total. The van der Waals surface area contributed by atoms with E-state index >= 15 is 0 Å². The minimum absolute atomic E-state index is 0.0836. The molecule has 5 nitrogen and oxygen atoms in total. The Morgan fingerprint density at radius 1 is 1.57 bits per heavy atom. The van der Waals surface area contributed by atoms with E-state index < -0.39 is 5.97 Å². The van der Waals surface area contributed by atoms with E-state index in [2.05, 4.69) is 4.74 Å². The number of carbonyl (C=O) groups is 1. The van der Waals surface area contributed by atoms with Crippen LogP contribution in [0.25, 0.3) is 0 Å². The van der Waals surface area contributed by atoms with Crippen LogP contribution in [-0.2, 0) is 11.3 Å². The SMILES string of the molecule is COC(=O)c1cc(CNO)ccc1O. The summed E-state index contributed by atoms with van der Waals surface area (Å²) in [5, 5.41) is 17.8. The molecule has 0 bridgehead atoms. The monoisotopic (exact) mass is 197 g/mol. The number of hydroxylamine groups is 1. The number of ether oxygens (including phenoxy) is 1. The number of hydrogen-bond acceptors (Lipinski definition) is 5. The molecule has 76 valence electrons. The van der Waals surface area contributed by atoms with Crippen molar-refractivity contribution in [2.24, 2.45) is 0 Å². The van der Waals surface area contributed by atoms with Gasteiger partial charge in [0.05, 0.1) is 7.11 Å². The Balaban J connectivity index is 3.01. The third kappa shape index (κ3) is 2.21. The van der Waals surface area contributed by atoms with Gasteiger partial charge in [0, 0.05) is 6.54 Å². The highest BCUT2D eigenvalue weighted by Crippen LogP contribution is 2.19. The summed E-state index contributed by atoms with van der Waals surface area (Å²) in [4.78, 5) is 11.1. The summed E-state index contributed by atoms with van der Waals surface area (Å²) in [5.74, 6) is -0.749. The number of hydrogen-bond donors (Lipinski definition) is 3. The van der Waals surface area contributed by atoms with Gasteiger partial charge >= 0.3 is 5.97 Å². The second-order valence-electron chi connectivity index (χ2n) is 2.68. The Kier molecular flexibility index (Phi) is 3.44. The fraction of sp³-hybridized carbons (Fsp3) is 0.222. The topological polar surface area (TPSA) is 78.8 Å². The van der Waals surface area contributed by atoms with Gasteiger partial charge in [0.2, 0.25) is 0 Å². The molecule has 1 aromatic carbocycles. The van der Waals surface area contributed by atoms with Gasteiger partial charge in [-0.05, 0) is 17.7 Å². The summed E-state index contributed by atoms with van der Waals surface area (Å²) in [5.41, 5.74) is 2.71. The molecule has 0 fully saturated rings. The summed E-state index contributed by atoms with van der Waals surface area (Å²) < 4.78 is 4.47. The highest BCUT2D eigenvalue weighted by Gasteiger charge is 2.11. The number of esters is 1. The van der Waals surface area contributed by atoms with E-state index in [9.17, 15) is 9.90 Å². The number of benzene rings is 1. The normalized spacial score (nSPS) is 9.86. The Morgan fingerprint density at radius 3 is 2.86 bits per heavy atom. The van der Waals surface area contributed by atoms with Crippen LogP contribution in [0.4, 0.5) is 0 Å². The van der Waals surface area contributed by atoms with Crippen LogP contribution < -0.4 is 5.48 Å². The molecule has 0 radical (unpaired) electrons.